The normalized spacial score (nSPS) is 16.7. The number of hydrogen-bond donors (Lipinski definition) is 0. The van der Waals surface area contributed by atoms with E-state index in [0.29, 0.717) is 34.5 Å². The molecule has 1 aromatic heterocycles. The number of aromatic nitrogens is 2. The summed E-state index contributed by atoms with van der Waals surface area (Å²) in [6, 6.07) is 7.55. The Balaban J connectivity index is 1.98. The lowest BCUT2D eigenvalue weighted by Crippen LogP contribution is -2.52. The van der Waals surface area contributed by atoms with Gasteiger partial charge in [0, 0.05) is 34.8 Å². The summed E-state index contributed by atoms with van der Waals surface area (Å²) in [5.41, 5.74) is 0.558. The molecule has 1 saturated heterocycles. The topological polar surface area (TPSA) is 81.5 Å². The SMILES string of the molecule is CCOC(=O)[C@@H]1CSCCN1C(=O)c1nn(-c2ccc(Cl)cc2)c(C)cc1=O. The fourth-order valence-electron chi connectivity index (χ4n) is 2.96. The van der Waals surface area contributed by atoms with Crippen LogP contribution in [0.1, 0.15) is 23.1 Å². The Bertz CT molecular complexity index is 945. The number of aryl methyl sites for hydroxylation is 1. The summed E-state index contributed by atoms with van der Waals surface area (Å²) in [6.45, 7) is 4.03. The Kier molecular flexibility index (Phi) is 6.41. The number of carbonyl (C=O) groups is 2. The number of thioether (sulfide) groups is 1. The molecule has 2 heterocycles. The first-order valence-corrected chi connectivity index (χ1v) is 10.4. The molecule has 0 spiro atoms. The maximum atomic E-state index is 13.1. The van der Waals surface area contributed by atoms with E-state index in [1.165, 1.54) is 15.6 Å². The molecule has 0 aliphatic carbocycles. The van der Waals surface area contributed by atoms with E-state index >= 15 is 0 Å². The second-order valence-corrected chi connectivity index (χ2v) is 7.81. The summed E-state index contributed by atoms with van der Waals surface area (Å²) >= 11 is 7.50. The molecule has 9 heteroatoms. The van der Waals surface area contributed by atoms with Crippen molar-refractivity contribution >= 4 is 35.2 Å². The summed E-state index contributed by atoms with van der Waals surface area (Å²) in [5.74, 6) is 0.0833. The first-order valence-electron chi connectivity index (χ1n) is 8.84. The number of carbonyl (C=O) groups excluding carboxylic acids is 2. The summed E-state index contributed by atoms with van der Waals surface area (Å²) in [5, 5.41) is 4.87. The van der Waals surface area contributed by atoms with Gasteiger partial charge in [-0.3, -0.25) is 9.59 Å². The largest absolute Gasteiger partial charge is 0.464 e. The van der Waals surface area contributed by atoms with Crippen LogP contribution in [0.3, 0.4) is 0 Å². The summed E-state index contributed by atoms with van der Waals surface area (Å²) in [7, 11) is 0. The third-order valence-electron chi connectivity index (χ3n) is 4.33. The van der Waals surface area contributed by atoms with Gasteiger partial charge in [0.2, 0.25) is 5.43 Å². The van der Waals surface area contributed by atoms with Crippen molar-refractivity contribution in [1.82, 2.24) is 14.7 Å². The smallest absolute Gasteiger partial charge is 0.329 e. The molecular weight excluding hydrogens is 402 g/mol. The van der Waals surface area contributed by atoms with Crippen LogP contribution < -0.4 is 5.43 Å². The van der Waals surface area contributed by atoms with E-state index < -0.39 is 23.3 Å². The zero-order chi connectivity index (χ0) is 20.3. The number of nitrogens with zero attached hydrogens (tertiary/aromatic N) is 3. The number of ether oxygens (including phenoxy) is 1. The number of amides is 1. The van der Waals surface area contributed by atoms with Gasteiger partial charge >= 0.3 is 5.97 Å². The highest BCUT2D eigenvalue weighted by Crippen LogP contribution is 2.20. The van der Waals surface area contributed by atoms with Crippen LogP contribution in [0.25, 0.3) is 5.69 Å². The van der Waals surface area contributed by atoms with Crippen molar-refractivity contribution in [3.63, 3.8) is 0 Å². The monoisotopic (exact) mass is 421 g/mol. The number of hydrogen-bond acceptors (Lipinski definition) is 6. The summed E-state index contributed by atoms with van der Waals surface area (Å²) < 4.78 is 6.61. The molecule has 28 heavy (non-hydrogen) atoms. The van der Waals surface area contributed by atoms with Crippen LogP contribution in [0.5, 0.6) is 0 Å². The van der Waals surface area contributed by atoms with Crippen LogP contribution in [0.4, 0.5) is 0 Å². The minimum absolute atomic E-state index is 0.221. The molecule has 1 aliphatic heterocycles. The quantitative estimate of drug-likeness (QED) is 0.704. The summed E-state index contributed by atoms with van der Waals surface area (Å²) in [4.78, 5) is 39.2. The van der Waals surface area contributed by atoms with Crippen molar-refractivity contribution in [3.05, 3.63) is 57.0 Å². The van der Waals surface area contributed by atoms with Gasteiger partial charge in [-0.25, -0.2) is 9.48 Å². The standard InChI is InChI=1S/C19H20ClN3O4S/c1-3-27-19(26)15-11-28-9-8-22(15)18(25)17-16(24)10-12(2)23(21-17)14-6-4-13(20)5-7-14/h4-7,10,15H,3,8-9,11H2,1-2H3/t15-/m0/s1. The molecule has 2 aromatic rings. The Morgan fingerprint density at radius 3 is 2.71 bits per heavy atom. The lowest BCUT2D eigenvalue weighted by Gasteiger charge is -2.33. The van der Waals surface area contributed by atoms with Crippen LogP contribution >= 0.6 is 23.4 Å². The molecule has 1 aromatic carbocycles. The average molecular weight is 422 g/mol. The van der Waals surface area contributed by atoms with Gasteiger partial charge in [0.05, 0.1) is 12.3 Å². The molecule has 148 valence electrons. The third kappa shape index (κ3) is 4.23. The average Bonchev–Trinajstić information content (AvgIpc) is 2.69. The highest BCUT2D eigenvalue weighted by molar-refractivity contribution is 7.99. The fourth-order valence-corrected chi connectivity index (χ4v) is 4.11. The van der Waals surface area contributed by atoms with Crippen LogP contribution in [-0.4, -0.2) is 57.3 Å². The number of halogens is 1. The summed E-state index contributed by atoms with van der Waals surface area (Å²) in [6.07, 6.45) is 0. The molecule has 3 rings (SSSR count). The second-order valence-electron chi connectivity index (χ2n) is 6.23. The van der Waals surface area contributed by atoms with E-state index in [2.05, 4.69) is 5.10 Å². The maximum Gasteiger partial charge on any atom is 0.329 e. The molecule has 0 N–H and O–H groups in total. The van der Waals surface area contributed by atoms with E-state index in [1.807, 2.05) is 0 Å². The van der Waals surface area contributed by atoms with Crippen molar-refractivity contribution in [2.24, 2.45) is 0 Å². The molecule has 0 bridgehead atoms. The van der Waals surface area contributed by atoms with Gasteiger partial charge in [-0.1, -0.05) is 11.6 Å². The van der Waals surface area contributed by atoms with Gasteiger partial charge in [-0.05, 0) is 38.1 Å². The molecule has 1 amide bonds. The Morgan fingerprint density at radius 1 is 1.32 bits per heavy atom. The van der Waals surface area contributed by atoms with E-state index in [-0.39, 0.29) is 12.3 Å². The fraction of sp³-hybridized carbons (Fsp3) is 0.368. The van der Waals surface area contributed by atoms with Crippen LogP contribution in [0.15, 0.2) is 35.1 Å². The van der Waals surface area contributed by atoms with Gasteiger partial charge in [0.15, 0.2) is 5.69 Å². The highest BCUT2D eigenvalue weighted by Gasteiger charge is 2.35. The molecule has 0 unspecified atom stereocenters. The number of rotatable bonds is 4. The predicted octanol–water partition coefficient (Wildman–Crippen LogP) is 2.32. The third-order valence-corrected chi connectivity index (χ3v) is 5.60. The van der Waals surface area contributed by atoms with Crippen molar-refractivity contribution in [2.75, 3.05) is 24.7 Å². The highest BCUT2D eigenvalue weighted by atomic mass is 35.5. The van der Waals surface area contributed by atoms with Crippen molar-refractivity contribution in [2.45, 2.75) is 19.9 Å². The molecule has 1 aliphatic rings. The molecule has 7 nitrogen and oxygen atoms in total. The van der Waals surface area contributed by atoms with Crippen LogP contribution in [0.2, 0.25) is 5.02 Å². The van der Waals surface area contributed by atoms with Gasteiger partial charge < -0.3 is 9.64 Å². The maximum absolute atomic E-state index is 13.1. The molecule has 0 saturated carbocycles. The molecular formula is C19H20ClN3O4S. The van der Waals surface area contributed by atoms with Crippen molar-refractivity contribution in [3.8, 4) is 5.69 Å². The Hall–Kier alpha value is -2.32. The van der Waals surface area contributed by atoms with Gasteiger partial charge in [0.1, 0.15) is 6.04 Å². The van der Waals surface area contributed by atoms with Crippen molar-refractivity contribution in [1.29, 1.82) is 0 Å². The number of benzene rings is 1. The van der Waals surface area contributed by atoms with Crippen LogP contribution in [0, 0.1) is 6.92 Å². The minimum Gasteiger partial charge on any atom is -0.464 e. The lowest BCUT2D eigenvalue weighted by atomic mass is 10.2. The lowest BCUT2D eigenvalue weighted by molar-refractivity contribution is -0.147. The van der Waals surface area contributed by atoms with Gasteiger partial charge in [0.25, 0.3) is 5.91 Å². The molecule has 0 radical (unpaired) electrons. The van der Waals surface area contributed by atoms with E-state index in [4.69, 9.17) is 16.3 Å². The molecule has 1 atom stereocenters. The second kappa shape index (κ2) is 8.79. The van der Waals surface area contributed by atoms with Crippen molar-refractivity contribution < 1.29 is 14.3 Å². The zero-order valence-corrected chi connectivity index (χ0v) is 17.1. The number of esters is 1. The van der Waals surface area contributed by atoms with E-state index in [1.54, 1.807) is 49.9 Å². The first-order chi connectivity index (χ1) is 13.4. The van der Waals surface area contributed by atoms with E-state index in [9.17, 15) is 14.4 Å². The molecule has 1 fully saturated rings. The van der Waals surface area contributed by atoms with E-state index in [0.717, 1.165) is 0 Å². The van der Waals surface area contributed by atoms with Crippen LogP contribution in [-0.2, 0) is 9.53 Å². The minimum atomic E-state index is -0.724. The zero-order valence-electron chi connectivity index (χ0n) is 15.6. The predicted molar refractivity (Wildman–Crippen MR) is 108 cm³/mol. The van der Waals surface area contributed by atoms with Gasteiger partial charge in [-0.2, -0.15) is 16.9 Å². The Labute approximate surface area is 171 Å². The first kappa shape index (κ1) is 20.4. The Morgan fingerprint density at radius 2 is 2.04 bits per heavy atom. The van der Waals surface area contributed by atoms with Gasteiger partial charge in [-0.15, -0.1) is 0 Å².